The number of benzene rings is 2. The average Bonchev–Trinajstić information content (AvgIpc) is 3.07. The lowest BCUT2D eigenvalue weighted by atomic mass is 10.1. The minimum Gasteiger partial charge on any atom is -0.493 e. The molecule has 3 N–H and O–H groups in total. The molecule has 1 unspecified atom stereocenters. The van der Waals surface area contributed by atoms with Crippen LogP contribution in [0.25, 0.3) is 0 Å². The molecule has 1 atom stereocenters. The van der Waals surface area contributed by atoms with Crippen LogP contribution in [0.5, 0.6) is 11.5 Å². The highest BCUT2D eigenvalue weighted by molar-refractivity contribution is 6.03. The van der Waals surface area contributed by atoms with Gasteiger partial charge in [0.1, 0.15) is 11.6 Å². The molecule has 0 aliphatic carbocycles. The molecule has 8 nitrogen and oxygen atoms in total. The van der Waals surface area contributed by atoms with E-state index in [4.69, 9.17) is 15.2 Å². The Morgan fingerprint density at radius 2 is 1.87 bits per heavy atom. The van der Waals surface area contributed by atoms with Crippen LogP contribution in [0.2, 0.25) is 0 Å². The first-order chi connectivity index (χ1) is 14.3. The zero-order valence-electron chi connectivity index (χ0n) is 16.0. The number of halogens is 2. The summed E-state index contributed by atoms with van der Waals surface area (Å²) in [4.78, 5) is 37.0. The van der Waals surface area contributed by atoms with Crippen LogP contribution in [0.1, 0.15) is 6.42 Å². The van der Waals surface area contributed by atoms with Crippen molar-refractivity contribution in [2.24, 2.45) is 11.7 Å². The van der Waals surface area contributed by atoms with Crippen molar-refractivity contribution in [3.05, 3.63) is 48.0 Å². The predicted molar refractivity (Wildman–Crippen MR) is 103 cm³/mol. The van der Waals surface area contributed by atoms with Gasteiger partial charge in [0.05, 0.1) is 13.0 Å². The smallest absolute Gasteiger partial charge is 0.255 e. The van der Waals surface area contributed by atoms with E-state index in [-0.39, 0.29) is 31.0 Å². The Hall–Kier alpha value is -3.69. The van der Waals surface area contributed by atoms with Crippen molar-refractivity contribution >= 4 is 29.1 Å². The molecule has 1 saturated heterocycles. The Labute approximate surface area is 170 Å². The van der Waals surface area contributed by atoms with Crippen molar-refractivity contribution in [2.75, 3.05) is 30.5 Å². The van der Waals surface area contributed by atoms with Crippen LogP contribution >= 0.6 is 0 Å². The average molecular weight is 419 g/mol. The van der Waals surface area contributed by atoms with Crippen molar-refractivity contribution in [2.45, 2.75) is 6.42 Å². The number of primary amides is 1. The van der Waals surface area contributed by atoms with Gasteiger partial charge < -0.3 is 25.4 Å². The van der Waals surface area contributed by atoms with Gasteiger partial charge in [0, 0.05) is 36.5 Å². The summed E-state index contributed by atoms with van der Waals surface area (Å²) in [5, 5.41) is 2.66. The van der Waals surface area contributed by atoms with Crippen LogP contribution in [-0.4, -0.2) is 38.0 Å². The van der Waals surface area contributed by atoms with Gasteiger partial charge in [-0.15, -0.1) is 0 Å². The van der Waals surface area contributed by atoms with Crippen molar-refractivity contribution < 1.29 is 32.6 Å². The molecule has 0 radical (unpaired) electrons. The number of anilines is 2. The molecule has 1 heterocycles. The molecule has 2 aromatic rings. The molecule has 3 rings (SSSR count). The third-order valence-corrected chi connectivity index (χ3v) is 4.46. The van der Waals surface area contributed by atoms with Gasteiger partial charge in [0.15, 0.2) is 18.1 Å². The number of rotatable bonds is 7. The van der Waals surface area contributed by atoms with Gasteiger partial charge in [0.25, 0.3) is 5.91 Å². The van der Waals surface area contributed by atoms with Crippen LogP contribution in [0.15, 0.2) is 36.4 Å². The second-order valence-electron chi connectivity index (χ2n) is 6.64. The highest BCUT2D eigenvalue weighted by Gasteiger charge is 2.35. The summed E-state index contributed by atoms with van der Waals surface area (Å²) in [6.07, 6.45) is -0.106. The maximum atomic E-state index is 13.5. The standard InChI is InChI=1S/C20H19F2N3O5/c1-29-16-3-2-14(8-17(16)30-10-18(23)26)24-20(28)11-4-19(27)25(9-11)15-6-12(21)5-13(22)7-15/h2-3,5-8,11H,4,9-10H2,1H3,(H2,23,26)(H,24,28). The van der Waals surface area contributed by atoms with Crippen molar-refractivity contribution in [3.63, 3.8) is 0 Å². The van der Waals surface area contributed by atoms with Gasteiger partial charge in [0.2, 0.25) is 11.8 Å². The summed E-state index contributed by atoms with van der Waals surface area (Å²) in [5.41, 5.74) is 5.47. The minimum absolute atomic E-state index is 0.0191. The Morgan fingerprint density at radius 3 is 2.50 bits per heavy atom. The number of nitrogens with two attached hydrogens (primary N) is 1. The van der Waals surface area contributed by atoms with E-state index >= 15 is 0 Å². The fourth-order valence-electron chi connectivity index (χ4n) is 3.09. The summed E-state index contributed by atoms with van der Waals surface area (Å²) in [6.45, 7) is -0.390. The van der Waals surface area contributed by atoms with E-state index < -0.39 is 35.3 Å². The van der Waals surface area contributed by atoms with Crippen LogP contribution < -0.4 is 25.4 Å². The highest BCUT2D eigenvalue weighted by atomic mass is 19.1. The first kappa shape index (κ1) is 21.0. The molecule has 1 aliphatic heterocycles. The normalized spacial score (nSPS) is 15.8. The molecule has 0 bridgehead atoms. The molecule has 10 heteroatoms. The number of nitrogens with zero attached hydrogens (tertiary/aromatic N) is 1. The Morgan fingerprint density at radius 1 is 1.17 bits per heavy atom. The first-order valence-electron chi connectivity index (χ1n) is 8.93. The summed E-state index contributed by atoms with van der Waals surface area (Å²) in [5.74, 6) is -3.35. The molecule has 1 fully saturated rings. The number of carbonyl (C=O) groups is 3. The Kier molecular flexibility index (Phi) is 6.14. The molecule has 3 amide bonds. The maximum Gasteiger partial charge on any atom is 0.255 e. The number of hydrogen-bond donors (Lipinski definition) is 2. The lowest BCUT2D eigenvalue weighted by Gasteiger charge is -2.17. The Balaban J connectivity index is 1.71. The van der Waals surface area contributed by atoms with Gasteiger partial charge in [-0.25, -0.2) is 8.78 Å². The quantitative estimate of drug-likeness (QED) is 0.711. The van der Waals surface area contributed by atoms with Crippen LogP contribution in [0, 0.1) is 17.6 Å². The zero-order chi connectivity index (χ0) is 21.8. The molecule has 0 saturated carbocycles. The lowest BCUT2D eigenvalue weighted by Crippen LogP contribution is -2.28. The van der Waals surface area contributed by atoms with Crippen molar-refractivity contribution in [1.82, 2.24) is 0 Å². The number of methoxy groups -OCH3 is 1. The van der Waals surface area contributed by atoms with Gasteiger partial charge in [-0.05, 0) is 24.3 Å². The van der Waals surface area contributed by atoms with E-state index in [1.165, 1.54) is 24.1 Å². The van der Waals surface area contributed by atoms with Crippen LogP contribution in [-0.2, 0) is 14.4 Å². The second-order valence-corrected chi connectivity index (χ2v) is 6.64. The molecule has 0 aromatic heterocycles. The molecule has 158 valence electrons. The van der Waals surface area contributed by atoms with Crippen molar-refractivity contribution in [3.8, 4) is 11.5 Å². The van der Waals surface area contributed by atoms with E-state index in [2.05, 4.69) is 5.32 Å². The van der Waals surface area contributed by atoms with Crippen LogP contribution in [0.3, 0.4) is 0 Å². The van der Waals surface area contributed by atoms with E-state index in [1.54, 1.807) is 6.07 Å². The SMILES string of the molecule is COc1ccc(NC(=O)C2CC(=O)N(c3cc(F)cc(F)c3)C2)cc1OCC(N)=O. The van der Waals surface area contributed by atoms with E-state index in [0.717, 1.165) is 12.1 Å². The van der Waals surface area contributed by atoms with E-state index in [9.17, 15) is 23.2 Å². The second kappa shape index (κ2) is 8.76. The van der Waals surface area contributed by atoms with E-state index in [1.807, 2.05) is 0 Å². The zero-order valence-corrected chi connectivity index (χ0v) is 16.0. The molecule has 2 aromatic carbocycles. The van der Waals surface area contributed by atoms with Gasteiger partial charge in [-0.1, -0.05) is 0 Å². The molecule has 30 heavy (non-hydrogen) atoms. The Bertz CT molecular complexity index is 978. The van der Waals surface area contributed by atoms with E-state index in [0.29, 0.717) is 17.5 Å². The molecule has 1 aliphatic rings. The summed E-state index contributed by atoms with van der Waals surface area (Å²) < 4.78 is 37.3. The third kappa shape index (κ3) is 4.83. The summed E-state index contributed by atoms with van der Waals surface area (Å²) >= 11 is 0. The number of hydrogen-bond acceptors (Lipinski definition) is 5. The monoisotopic (exact) mass is 419 g/mol. The van der Waals surface area contributed by atoms with Crippen molar-refractivity contribution in [1.29, 1.82) is 0 Å². The lowest BCUT2D eigenvalue weighted by molar-refractivity contribution is -0.122. The fraction of sp³-hybridized carbons (Fsp3) is 0.250. The predicted octanol–water partition coefficient (Wildman–Crippen LogP) is 1.83. The van der Waals surface area contributed by atoms with Gasteiger partial charge >= 0.3 is 0 Å². The summed E-state index contributed by atoms with van der Waals surface area (Å²) in [6, 6.07) is 7.32. The molecular formula is C20H19F2N3O5. The maximum absolute atomic E-state index is 13.5. The number of amides is 3. The highest BCUT2D eigenvalue weighted by Crippen LogP contribution is 2.31. The molecule has 0 spiro atoms. The van der Waals surface area contributed by atoms with Gasteiger partial charge in [-0.2, -0.15) is 0 Å². The topological polar surface area (TPSA) is 111 Å². The number of nitrogens with one attached hydrogen (secondary N) is 1. The number of ether oxygens (including phenoxy) is 2. The largest absolute Gasteiger partial charge is 0.493 e. The van der Waals surface area contributed by atoms with Gasteiger partial charge in [-0.3, -0.25) is 14.4 Å². The fourth-order valence-corrected chi connectivity index (χ4v) is 3.09. The van der Waals surface area contributed by atoms with Crippen LogP contribution in [0.4, 0.5) is 20.2 Å². The molecular weight excluding hydrogens is 400 g/mol. The first-order valence-corrected chi connectivity index (χ1v) is 8.93. The summed E-state index contributed by atoms with van der Waals surface area (Å²) in [7, 11) is 1.42. The third-order valence-electron chi connectivity index (χ3n) is 4.46. The number of carbonyl (C=O) groups excluding carboxylic acids is 3. The minimum atomic E-state index is -0.813.